The molecule has 1 saturated carbocycles. The standard InChI is InChI=1S/C8H15O2/c1-6-4-3-5-7(9)8(6,2)10/h6,9-10H,3-5H2,1-2H3. The van der Waals surface area contributed by atoms with Crippen LogP contribution in [-0.4, -0.2) is 15.8 Å². The van der Waals surface area contributed by atoms with Crippen molar-refractivity contribution in [3.05, 3.63) is 6.10 Å². The maximum absolute atomic E-state index is 9.62. The van der Waals surface area contributed by atoms with E-state index in [1.54, 1.807) is 6.92 Å². The fourth-order valence-electron chi connectivity index (χ4n) is 1.39. The molecular formula is C8H15O2. The molecule has 0 aromatic carbocycles. The van der Waals surface area contributed by atoms with Gasteiger partial charge in [-0.15, -0.1) is 0 Å². The summed E-state index contributed by atoms with van der Waals surface area (Å²) < 4.78 is 0. The fraction of sp³-hybridized carbons (Fsp3) is 0.875. The lowest BCUT2D eigenvalue weighted by atomic mass is 9.76. The van der Waals surface area contributed by atoms with Crippen molar-refractivity contribution in [1.82, 2.24) is 0 Å². The van der Waals surface area contributed by atoms with Crippen LogP contribution in [-0.2, 0) is 0 Å². The molecule has 0 amide bonds. The first-order chi connectivity index (χ1) is 4.55. The molecule has 1 aliphatic rings. The minimum absolute atomic E-state index is 0.196. The Balaban J connectivity index is 2.63. The molecule has 0 heterocycles. The van der Waals surface area contributed by atoms with E-state index in [2.05, 4.69) is 0 Å². The fourth-order valence-corrected chi connectivity index (χ4v) is 1.39. The molecule has 0 saturated heterocycles. The van der Waals surface area contributed by atoms with Crippen molar-refractivity contribution in [2.45, 2.75) is 38.7 Å². The first kappa shape index (κ1) is 8.02. The van der Waals surface area contributed by atoms with E-state index in [9.17, 15) is 10.2 Å². The van der Waals surface area contributed by atoms with Gasteiger partial charge in [-0.25, -0.2) is 0 Å². The number of aliphatic hydroxyl groups is 2. The third kappa shape index (κ3) is 1.18. The molecule has 2 N–H and O–H groups in total. The molecule has 0 aromatic heterocycles. The summed E-state index contributed by atoms with van der Waals surface area (Å²) >= 11 is 0. The lowest BCUT2D eigenvalue weighted by Crippen LogP contribution is -2.42. The lowest BCUT2D eigenvalue weighted by Gasteiger charge is -2.38. The molecule has 1 rings (SSSR count). The second kappa shape index (κ2) is 2.51. The lowest BCUT2D eigenvalue weighted by molar-refractivity contribution is -0.0590. The summed E-state index contributed by atoms with van der Waals surface area (Å²) in [6.45, 7) is 3.65. The van der Waals surface area contributed by atoms with Crippen LogP contribution in [0.2, 0.25) is 0 Å². The van der Waals surface area contributed by atoms with Crippen LogP contribution in [0.15, 0.2) is 0 Å². The van der Waals surface area contributed by atoms with Crippen LogP contribution in [0, 0.1) is 12.0 Å². The van der Waals surface area contributed by atoms with Crippen LogP contribution in [0.3, 0.4) is 0 Å². The summed E-state index contributed by atoms with van der Waals surface area (Å²) in [5.74, 6) is 0.196. The zero-order valence-electron chi connectivity index (χ0n) is 6.59. The highest BCUT2D eigenvalue weighted by molar-refractivity contribution is 5.02. The van der Waals surface area contributed by atoms with Gasteiger partial charge in [-0.1, -0.05) is 6.92 Å². The largest absolute Gasteiger partial charge is 0.387 e. The number of aliphatic hydroxyl groups excluding tert-OH is 1. The van der Waals surface area contributed by atoms with Crippen LogP contribution < -0.4 is 0 Å². The van der Waals surface area contributed by atoms with Crippen molar-refractivity contribution in [2.75, 3.05) is 0 Å². The maximum atomic E-state index is 9.62. The summed E-state index contributed by atoms with van der Waals surface area (Å²) in [4.78, 5) is 0. The zero-order valence-corrected chi connectivity index (χ0v) is 6.59. The molecule has 2 heteroatoms. The summed E-state index contributed by atoms with van der Waals surface area (Å²) in [7, 11) is 0. The van der Waals surface area contributed by atoms with Gasteiger partial charge in [0.25, 0.3) is 0 Å². The topological polar surface area (TPSA) is 40.5 Å². The molecule has 0 spiro atoms. The molecule has 1 radical (unpaired) electrons. The smallest absolute Gasteiger partial charge is 0.125 e. The van der Waals surface area contributed by atoms with E-state index in [0.717, 1.165) is 12.8 Å². The molecular weight excluding hydrogens is 128 g/mol. The highest BCUT2D eigenvalue weighted by atomic mass is 16.3. The van der Waals surface area contributed by atoms with Crippen LogP contribution in [0.5, 0.6) is 0 Å². The predicted octanol–water partition coefficient (Wildman–Crippen LogP) is 1.46. The van der Waals surface area contributed by atoms with Crippen molar-refractivity contribution in [3.8, 4) is 0 Å². The Labute approximate surface area is 61.9 Å². The van der Waals surface area contributed by atoms with Gasteiger partial charge in [0.05, 0.1) is 5.60 Å². The van der Waals surface area contributed by atoms with Crippen molar-refractivity contribution < 1.29 is 10.2 Å². The monoisotopic (exact) mass is 143 g/mol. The van der Waals surface area contributed by atoms with Gasteiger partial charge in [-0.2, -0.15) is 0 Å². The second-order valence-corrected chi connectivity index (χ2v) is 3.39. The number of hydrogen-bond donors (Lipinski definition) is 2. The molecule has 0 aliphatic heterocycles. The zero-order chi connectivity index (χ0) is 7.78. The van der Waals surface area contributed by atoms with Gasteiger partial charge in [0.1, 0.15) is 6.10 Å². The van der Waals surface area contributed by atoms with Crippen molar-refractivity contribution in [2.24, 2.45) is 5.92 Å². The van der Waals surface area contributed by atoms with E-state index in [1.807, 2.05) is 6.92 Å². The van der Waals surface area contributed by atoms with Crippen molar-refractivity contribution in [3.63, 3.8) is 0 Å². The van der Waals surface area contributed by atoms with Crippen LogP contribution >= 0.6 is 0 Å². The third-order valence-corrected chi connectivity index (χ3v) is 2.59. The molecule has 2 atom stereocenters. The Morgan fingerprint density at radius 3 is 2.60 bits per heavy atom. The summed E-state index contributed by atoms with van der Waals surface area (Å²) in [6.07, 6.45) is 2.93. The number of rotatable bonds is 0. The molecule has 2 unspecified atom stereocenters. The molecule has 0 aromatic rings. The van der Waals surface area contributed by atoms with Gasteiger partial charge in [-0.3, -0.25) is 0 Å². The highest BCUT2D eigenvalue weighted by Crippen LogP contribution is 2.37. The quantitative estimate of drug-likeness (QED) is 0.539. The van der Waals surface area contributed by atoms with E-state index < -0.39 is 5.60 Å². The molecule has 2 nitrogen and oxygen atoms in total. The average molecular weight is 143 g/mol. The van der Waals surface area contributed by atoms with E-state index in [1.165, 1.54) is 0 Å². The normalized spacial score (nSPS) is 43.8. The molecule has 1 aliphatic carbocycles. The Kier molecular flexibility index (Phi) is 2.02. The van der Waals surface area contributed by atoms with Gasteiger partial charge in [0, 0.05) is 0 Å². The number of hydrogen-bond acceptors (Lipinski definition) is 2. The van der Waals surface area contributed by atoms with Gasteiger partial charge in [-0.05, 0) is 32.1 Å². The Morgan fingerprint density at radius 2 is 2.20 bits per heavy atom. The first-order valence-corrected chi connectivity index (χ1v) is 3.83. The summed E-state index contributed by atoms with van der Waals surface area (Å²) in [5, 5.41) is 18.9. The molecule has 1 fully saturated rings. The van der Waals surface area contributed by atoms with Gasteiger partial charge in [0.15, 0.2) is 0 Å². The Hall–Kier alpha value is -0.0800. The molecule has 59 valence electrons. The van der Waals surface area contributed by atoms with E-state index in [-0.39, 0.29) is 12.0 Å². The molecule has 0 bridgehead atoms. The second-order valence-electron chi connectivity index (χ2n) is 3.39. The Bertz CT molecular complexity index is 108. The minimum atomic E-state index is -0.932. The average Bonchev–Trinajstić information content (AvgIpc) is 1.84. The predicted molar refractivity (Wildman–Crippen MR) is 38.8 cm³/mol. The van der Waals surface area contributed by atoms with Crippen LogP contribution in [0.4, 0.5) is 0 Å². The van der Waals surface area contributed by atoms with Crippen molar-refractivity contribution in [1.29, 1.82) is 0 Å². The highest BCUT2D eigenvalue weighted by Gasteiger charge is 2.39. The van der Waals surface area contributed by atoms with Gasteiger partial charge >= 0.3 is 0 Å². The van der Waals surface area contributed by atoms with E-state index >= 15 is 0 Å². The maximum Gasteiger partial charge on any atom is 0.125 e. The van der Waals surface area contributed by atoms with Gasteiger partial charge in [0.2, 0.25) is 0 Å². The first-order valence-electron chi connectivity index (χ1n) is 3.83. The van der Waals surface area contributed by atoms with Gasteiger partial charge < -0.3 is 10.2 Å². The summed E-state index contributed by atoms with van der Waals surface area (Å²) in [5.41, 5.74) is -0.932. The molecule has 10 heavy (non-hydrogen) atoms. The SMILES string of the molecule is CC1CCC[C](O)C1(C)O. The summed E-state index contributed by atoms with van der Waals surface area (Å²) in [6, 6.07) is 0. The van der Waals surface area contributed by atoms with Crippen molar-refractivity contribution >= 4 is 0 Å². The van der Waals surface area contributed by atoms with Crippen LogP contribution in [0.1, 0.15) is 33.1 Å². The third-order valence-electron chi connectivity index (χ3n) is 2.59. The van der Waals surface area contributed by atoms with E-state index in [0.29, 0.717) is 6.42 Å². The van der Waals surface area contributed by atoms with Crippen LogP contribution in [0.25, 0.3) is 0 Å². The minimum Gasteiger partial charge on any atom is -0.387 e. The van der Waals surface area contributed by atoms with E-state index in [4.69, 9.17) is 0 Å². The Morgan fingerprint density at radius 1 is 1.60 bits per heavy atom.